The van der Waals surface area contributed by atoms with Crippen LogP contribution < -0.4 is 0 Å². The summed E-state index contributed by atoms with van der Waals surface area (Å²) < 4.78 is 9.95. The number of hydrogen-bond acceptors (Lipinski definition) is 3. The number of carbonyl (C=O) groups excluding carboxylic acids is 1. The summed E-state index contributed by atoms with van der Waals surface area (Å²) in [6.07, 6.45) is 0. The summed E-state index contributed by atoms with van der Waals surface area (Å²) in [5, 5.41) is 4.16. The number of ether oxygens (including phenoxy) is 2. The standard InChI is InChI=1S/C9H17N2O3/c1-13-6-7-14-8-9(12)11-4-2-10-3-5-11/h2-8H2,1H3/q-1. The van der Waals surface area contributed by atoms with Gasteiger partial charge in [0.05, 0.1) is 13.2 Å². The van der Waals surface area contributed by atoms with Gasteiger partial charge in [-0.1, -0.05) is 0 Å². The topological polar surface area (TPSA) is 52.9 Å². The zero-order valence-electron chi connectivity index (χ0n) is 8.57. The molecule has 0 bridgehead atoms. The second kappa shape index (κ2) is 6.75. The van der Waals surface area contributed by atoms with Crippen LogP contribution in [0.3, 0.4) is 0 Å². The van der Waals surface area contributed by atoms with E-state index in [1.165, 1.54) is 0 Å². The van der Waals surface area contributed by atoms with Crippen LogP contribution in [0.15, 0.2) is 0 Å². The van der Waals surface area contributed by atoms with Gasteiger partial charge in [0.2, 0.25) is 5.91 Å². The summed E-state index contributed by atoms with van der Waals surface area (Å²) >= 11 is 0. The van der Waals surface area contributed by atoms with Crippen LogP contribution in [0.25, 0.3) is 5.32 Å². The molecule has 14 heavy (non-hydrogen) atoms. The van der Waals surface area contributed by atoms with Crippen LogP contribution in [0.1, 0.15) is 0 Å². The van der Waals surface area contributed by atoms with Crippen molar-refractivity contribution in [3.63, 3.8) is 0 Å². The monoisotopic (exact) mass is 201 g/mol. The highest BCUT2D eigenvalue weighted by Crippen LogP contribution is 2.01. The number of amides is 1. The Balaban J connectivity index is 2.07. The largest absolute Gasteiger partial charge is 0.659 e. The number of nitrogens with zero attached hydrogens (tertiary/aromatic N) is 2. The smallest absolute Gasteiger partial charge is 0.248 e. The molecule has 0 aliphatic carbocycles. The van der Waals surface area contributed by atoms with E-state index in [1.54, 1.807) is 12.0 Å². The van der Waals surface area contributed by atoms with Gasteiger partial charge >= 0.3 is 0 Å². The van der Waals surface area contributed by atoms with Crippen LogP contribution in [-0.2, 0) is 14.3 Å². The van der Waals surface area contributed by atoms with Gasteiger partial charge in [-0.3, -0.25) is 4.79 Å². The average molecular weight is 201 g/mol. The van der Waals surface area contributed by atoms with E-state index in [-0.39, 0.29) is 12.5 Å². The molecule has 5 heteroatoms. The van der Waals surface area contributed by atoms with Gasteiger partial charge < -0.3 is 19.7 Å². The highest BCUT2D eigenvalue weighted by molar-refractivity contribution is 5.77. The quantitative estimate of drug-likeness (QED) is 0.582. The van der Waals surface area contributed by atoms with Crippen molar-refractivity contribution in [1.29, 1.82) is 0 Å². The second-order valence-electron chi connectivity index (χ2n) is 3.10. The maximum atomic E-state index is 11.5. The molecule has 0 aromatic rings. The average Bonchev–Trinajstić information content (AvgIpc) is 2.25. The zero-order chi connectivity index (χ0) is 10.2. The van der Waals surface area contributed by atoms with E-state index in [9.17, 15) is 4.79 Å². The van der Waals surface area contributed by atoms with Crippen molar-refractivity contribution in [1.82, 2.24) is 4.90 Å². The summed E-state index contributed by atoms with van der Waals surface area (Å²) in [6, 6.07) is 0. The Morgan fingerprint density at radius 1 is 1.36 bits per heavy atom. The molecule has 0 atom stereocenters. The van der Waals surface area contributed by atoms with Gasteiger partial charge in [0, 0.05) is 20.2 Å². The fraction of sp³-hybridized carbons (Fsp3) is 0.889. The van der Waals surface area contributed by atoms with Crippen molar-refractivity contribution in [3.8, 4) is 0 Å². The molecule has 0 N–H and O–H groups in total. The molecule has 0 unspecified atom stereocenters. The minimum Gasteiger partial charge on any atom is -0.659 e. The minimum absolute atomic E-state index is 0.0519. The second-order valence-corrected chi connectivity index (χ2v) is 3.10. The van der Waals surface area contributed by atoms with Crippen molar-refractivity contribution in [3.05, 3.63) is 5.32 Å². The van der Waals surface area contributed by atoms with E-state index >= 15 is 0 Å². The Morgan fingerprint density at radius 2 is 2.07 bits per heavy atom. The van der Waals surface area contributed by atoms with Crippen molar-refractivity contribution in [2.24, 2.45) is 0 Å². The first kappa shape index (κ1) is 11.4. The first-order valence-corrected chi connectivity index (χ1v) is 4.82. The minimum atomic E-state index is 0.0519. The maximum Gasteiger partial charge on any atom is 0.248 e. The van der Waals surface area contributed by atoms with Gasteiger partial charge in [-0.2, -0.15) is 0 Å². The molecular formula is C9H17N2O3-. The van der Waals surface area contributed by atoms with Crippen LogP contribution in [-0.4, -0.2) is 63.9 Å². The number of methoxy groups -OCH3 is 1. The van der Waals surface area contributed by atoms with Gasteiger partial charge in [-0.15, -0.1) is 13.1 Å². The van der Waals surface area contributed by atoms with E-state index in [0.29, 0.717) is 13.2 Å². The molecule has 0 aromatic heterocycles. The predicted octanol–water partition coefficient (Wildman–Crippen LogP) is -0.135. The number of carbonyl (C=O) groups is 1. The first-order valence-electron chi connectivity index (χ1n) is 4.82. The number of hydrogen-bond donors (Lipinski definition) is 0. The lowest BCUT2D eigenvalue weighted by atomic mass is 10.3. The molecular weight excluding hydrogens is 184 g/mol. The molecule has 1 aliphatic heterocycles. The van der Waals surface area contributed by atoms with Crippen LogP contribution in [0.5, 0.6) is 0 Å². The summed E-state index contributed by atoms with van der Waals surface area (Å²) in [5.41, 5.74) is 0. The molecule has 1 aliphatic rings. The summed E-state index contributed by atoms with van der Waals surface area (Å²) in [5.74, 6) is 0.0519. The Labute approximate surface area is 84.4 Å². The van der Waals surface area contributed by atoms with E-state index in [4.69, 9.17) is 9.47 Å². The lowest BCUT2D eigenvalue weighted by molar-refractivity contribution is -0.136. The van der Waals surface area contributed by atoms with Crippen LogP contribution in [0, 0.1) is 0 Å². The Hall–Kier alpha value is -0.650. The van der Waals surface area contributed by atoms with E-state index in [2.05, 4.69) is 5.32 Å². The normalized spacial score (nSPS) is 17.1. The zero-order valence-corrected chi connectivity index (χ0v) is 8.57. The Kier molecular flexibility index (Phi) is 5.51. The molecule has 0 spiro atoms. The highest BCUT2D eigenvalue weighted by atomic mass is 16.5. The molecule has 0 saturated carbocycles. The molecule has 1 heterocycles. The van der Waals surface area contributed by atoms with Crippen molar-refractivity contribution in [2.75, 3.05) is 53.1 Å². The third-order valence-corrected chi connectivity index (χ3v) is 2.07. The Bertz CT molecular complexity index is 169. The van der Waals surface area contributed by atoms with Crippen molar-refractivity contribution < 1.29 is 14.3 Å². The van der Waals surface area contributed by atoms with Gasteiger partial charge in [0.1, 0.15) is 6.61 Å². The van der Waals surface area contributed by atoms with Gasteiger partial charge in [-0.05, 0) is 0 Å². The van der Waals surface area contributed by atoms with Gasteiger partial charge in [-0.25, -0.2) is 0 Å². The summed E-state index contributed by atoms with van der Waals surface area (Å²) in [7, 11) is 1.61. The fourth-order valence-electron chi connectivity index (χ4n) is 1.25. The molecule has 1 fully saturated rings. The van der Waals surface area contributed by atoms with Crippen LogP contribution >= 0.6 is 0 Å². The summed E-state index contributed by atoms with van der Waals surface area (Å²) in [4.78, 5) is 13.3. The van der Waals surface area contributed by atoms with Gasteiger partial charge in [0.25, 0.3) is 0 Å². The van der Waals surface area contributed by atoms with Gasteiger partial charge in [0.15, 0.2) is 0 Å². The number of rotatable bonds is 5. The molecule has 82 valence electrons. The first-order chi connectivity index (χ1) is 6.84. The molecule has 1 amide bonds. The Morgan fingerprint density at radius 3 is 2.71 bits per heavy atom. The predicted molar refractivity (Wildman–Crippen MR) is 52.4 cm³/mol. The SMILES string of the molecule is COCCOCC(=O)N1CC[N-]CC1. The van der Waals surface area contributed by atoms with E-state index < -0.39 is 0 Å². The molecule has 1 saturated heterocycles. The molecule has 1 rings (SSSR count). The highest BCUT2D eigenvalue weighted by Gasteiger charge is 2.11. The van der Waals surface area contributed by atoms with E-state index in [0.717, 1.165) is 26.2 Å². The molecule has 0 radical (unpaired) electrons. The van der Waals surface area contributed by atoms with Crippen LogP contribution in [0.4, 0.5) is 0 Å². The van der Waals surface area contributed by atoms with Crippen molar-refractivity contribution in [2.45, 2.75) is 0 Å². The number of piperazine rings is 1. The third-order valence-electron chi connectivity index (χ3n) is 2.07. The lowest BCUT2D eigenvalue weighted by Crippen LogP contribution is -2.41. The molecule has 0 aromatic carbocycles. The molecule has 5 nitrogen and oxygen atoms in total. The van der Waals surface area contributed by atoms with Crippen LogP contribution in [0.2, 0.25) is 0 Å². The van der Waals surface area contributed by atoms with E-state index in [1.807, 2.05) is 0 Å². The fourth-order valence-corrected chi connectivity index (χ4v) is 1.25. The summed E-state index contributed by atoms with van der Waals surface area (Å²) in [6.45, 7) is 4.12. The maximum absolute atomic E-state index is 11.5. The third kappa shape index (κ3) is 4.04. The lowest BCUT2D eigenvalue weighted by Gasteiger charge is -2.35. The van der Waals surface area contributed by atoms with Crippen molar-refractivity contribution >= 4 is 5.91 Å².